The number of anilines is 1. The first kappa shape index (κ1) is 21.1. The summed E-state index contributed by atoms with van der Waals surface area (Å²) in [7, 11) is 0. The summed E-state index contributed by atoms with van der Waals surface area (Å²) in [4.78, 5) is 27.1. The minimum Gasteiger partial charge on any atom is -0.411 e. The molecule has 0 radical (unpaired) electrons. The van der Waals surface area contributed by atoms with E-state index in [9.17, 15) is 14.9 Å². The summed E-state index contributed by atoms with van der Waals surface area (Å²) >= 11 is 7.31. The van der Waals surface area contributed by atoms with Gasteiger partial charge >= 0.3 is 0 Å². The van der Waals surface area contributed by atoms with Gasteiger partial charge in [0.25, 0.3) is 10.9 Å². The normalized spacial score (nSPS) is 14.0. The molecule has 1 aromatic heterocycles. The molecule has 9 nitrogen and oxygen atoms in total. The van der Waals surface area contributed by atoms with Crippen molar-refractivity contribution in [3.8, 4) is 11.5 Å². The third kappa shape index (κ3) is 4.80. The van der Waals surface area contributed by atoms with E-state index in [1.54, 1.807) is 35.2 Å². The number of nitro benzene ring substituents is 1. The lowest BCUT2D eigenvalue weighted by Gasteiger charge is -2.35. The van der Waals surface area contributed by atoms with Gasteiger partial charge in [0.2, 0.25) is 11.8 Å². The largest absolute Gasteiger partial charge is 0.411 e. The third-order valence-corrected chi connectivity index (χ3v) is 6.01. The summed E-state index contributed by atoms with van der Waals surface area (Å²) in [5.74, 6) is 0.415. The molecule has 1 aliphatic heterocycles. The van der Waals surface area contributed by atoms with Crippen molar-refractivity contribution in [1.29, 1.82) is 0 Å². The van der Waals surface area contributed by atoms with Gasteiger partial charge < -0.3 is 14.2 Å². The fraction of sp³-hybridized carbons (Fsp3) is 0.250. The third-order valence-electron chi connectivity index (χ3n) is 4.88. The van der Waals surface area contributed by atoms with Crippen molar-refractivity contribution >= 4 is 40.6 Å². The number of thioether (sulfide) groups is 1. The topological polar surface area (TPSA) is 106 Å². The minimum absolute atomic E-state index is 0.0512. The zero-order valence-electron chi connectivity index (χ0n) is 16.3. The molecule has 4 rings (SSSR count). The molecule has 160 valence electrons. The summed E-state index contributed by atoms with van der Waals surface area (Å²) in [5, 5.41) is 20.0. The second kappa shape index (κ2) is 9.36. The maximum absolute atomic E-state index is 12.6. The Morgan fingerprint density at radius 1 is 1.10 bits per heavy atom. The predicted molar refractivity (Wildman–Crippen MR) is 117 cm³/mol. The van der Waals surface area contributed by atoms with E-state index < -0.39 is 0 Å². The molecule has 11 heteroatoms. The quantitative estimate of drug-likeness (QED) is 0.312. The number of rotatable bonds is 6. The van der Waals surface area contributed by atoms with Gasteiger partial charge in [0, 0.05) is 32.2 Å². The van der Waals surface area contributed by atoms with Crippen LogP contribution in [-0.2, 0) is 4.79 Å². The van der Waals surface area contributed by atoms with Gasteiger partial charge in [-0.05, 0) is 18.2 Å². The summed E-state index contributed by atoms with van der Waals surface area (Å²) in [6.07, 6.45) is 0. The molecular weight excluding hydrogens is 442 g/mol. The summed E-state index contributed by atoms with van der Waals surface area (Å²) in [6.45, 7) is 2.03. The maximum Gasteiger partial charge on any atom is 0.292 e. The van der Waals surface area contributed by atoms with Gasteiger partial charge in [-0.15, -0.1) is 10.2 Å². The molecule has 0 aliphatic carbocycles. The maximum atomic E-state index is 12.6. The molecule has 2 aromatic carbocycles. The number of halogens is 1. The van der Waals surface area contributed by atoms with E-state index in [1.807, 2.05) is 17.0 Å². The minimum atomic E-state index is -0.384. The number of hydrogen-bond donors (Lipinski definition) is 0. The molecule has 31 heavy (non-hydrogen) atoms. The van der Waals surface area contributed by atoms with Crippen LogP contribution < -0.4 is 4.90 Å². The highest BCUT2D eigenvalue weighted by atomic mass is 35.5. The zero-order valence-corrected chi connectivity index (χ0v) is 17.9. The fourth-order valence-corrected chi connectivity index (χ4v) is 4.19. The lowest BCUT2D eigenvalue weighted by atomic mass is 10.2. The highest BCUT2D eigenvalue weighted by molar-refractivity contribution is 7.99. The molecule has 1 aliphatic rings. The van der Waals surface area contributed by atoms with E-state index in [-0.39, 0.29) is 22.3 Å². The molecule has 0 N–H and O–H groups in total. The molecule has 0 bridgehead atoms. The first-order valence-corrected chi connectivity index (χ1v) is 10.9. The summed E-state index contributed by atoms with van der Waals surface area (Å²) < 4.78 is 5.61. The van der Waals surface area contributed by atoms with E-state index in [0.717, 1.165) is 0 Å². The van der Waals surface area contributed by atoms with Crippen molar-refractivity contribution in [3.63, 3.8) is 0 Å². The number of benzene rings is 2. The first-order valence-electron chi connectivity index (χ1n) is 9.50. The lowest BCUT2D eigenvalue weighted by Crippen LogP contribution is -2.49. The second-order valence-electron chi connectivity index (χ2n) is 6.76. The summed E-state index contributed by atoms with van der Waals surface area (Å²) in [5.41, 5.74) is 1.29. The number of carbonyl (C=O) groups excluding carboxylic acids is 1. The molecule has 0 atom stereocenters. The SMILES string of the molecule is O=C(CSc1nnc(-c2ccccc2Cl)o1)N1CCN(c2ccccc2[N+](=O)[O-])CC1. The fourth-order valence-electron chi connectivity index (χ4n) is 3.31. The Morgan fingerprint density at radius 3 is 2.55 bits per heavy atom. The number of piperazine rings is 1. The number of para-hydroxylation sites is 2. The number of carbonyl (C=O) groups is 1. The van der Waals surface area contributed by atoms with Crippen LogP contribution in [0.1, 0.15) is 0 Å². The molecule has 1 fully saturated rings. The predicted octanol–water partition coefficient (Wildman–Crippen LogP) is 3.74. The van der Waals surface area contributed by atoms with E-state index in [1.165, 1.54) is 17.8 Å². The van der Waals surface area contributed by atoms with Gasteiger partial charge in [-0.1, -0.05) is 47.6 Å². The van der Waals surface area contributed by atoms with Gasteiger partial charge in [-0.3, -0.25) is 14.9 Å². The van der Waals surface area contributed by atoms with Crippen LogP contribution in [0.15, 0.2) is 58.2 Å². The van der Waals surface area contributed by atoms with Crippen molar-refractivity contribution in [2.45, 2.75) is 5.22 Å². The number of nitrogens with zero attached hydrogens (tertiary/aromatic N) is 5. The number of amides is 1. The van der Waals surface area contributed by atoms with Gasteiger partial charge in [0.1, 0.15) is 5.69 Å². The standard InChI is InChI=1S/C20H18ClN5O4S/c21-15-6-2-1-5-14(15)19-22-23-20(30-19)31-13-18(27)25-11-9-24(10-12-25)16-7-3-4-8-17(16)26(28)29/h1-8H,9-13H2. The summed E-state index contributed by atoms with van der Waals surface area (Å²) in [6, 6.07) is 13.8. The zero-order chi connectivity index (χ0) is 21.8. The molecule has 1 saturated heterocycles. The Kier molecular flexibility index (Phi) is 6.38. The molecule has 1 amide bonds. The Hall–Kier alpha value is -3.11. The van der Waals surface area contributed by atoms with Crippen molar-refractivity contribution in [2.75, 3.05) is 36.8 Å². The van der Waals surface area contributed by atoms with Crippen LogP contribution in [0.25, 0.3) is 11.5 Å². The van der Waals surface area contributed by atoms with Crippen molar-refractivity contribution in [2.24, 2.45) is 0 Å². The Labute approximate surface area is 187 Å². The van der Waals surface area contributed by atoms with Crippen molar-refractivity contribution in [3.05, 3.63) is 63.7 Å². The van der Waals surface area contributed by atoms with Crippen LogP contribution in [0.4, 0.5) is 11.4 Å². The molecule has 0 spiro atoms. The smallest absolute Gasteiger partial charge is 0.292 e. The van der Waals surface area contributed by atoms with Gasteiger partial charge in [0.05, 0.1) is 21.3 Å². The molecule has 3 aromatic rings. The van der Waals surface area contributed by atoms with Gasteiger partial charge in [-0.2, -0.15) is 0 Å². The molecule has 2 heterocycles. The van der Waals surface area contributed by atoms with Crippen LogP contribution in [0.3, 0.4) is 0 Å². The highest BCUT2D eigenvalue weighted by Gasteiger charge is 2.25. The Morgan fingerprint density at radius 2 is 1.81 bits per heavy atom. The lowest BCUT2D eigenvalue weighted by molar-refractivity contribution is -0.384. The van der Waals surface area contributed by atoms with Gasteiger partial charge in [-0.25, -0.2) is 0 Å². The van der Waals surface area contributed by atoms with Crippen LogP contribution in [0.2, 0.25) is 5.02 Å². The van der Waals surface area contributed by atoms with Crippen LogP contribution in [0, 0.1) is 10.1 Å². The monoisotopic (exact) mass is 459 g/mol. The second-order valence-corrected chi connectivity index (χ2v) is 8.09. The van der Waals surface area contributed by atoms with E-state index >= 15 is 0 Å². The molecule has 0 saturated carbocycles. The number of hydrogen-bond acceptors (Lipinski definition) is 8. The van der Waals surface area contributed by atoms with Gasteiger partial charge in [0.15, 0.2) is 0 Å². The van der Waals surface area contributed by atoms with Crippen molar-refractivity contribution < 1.29 is 14.1 Å². The van der Waals surface area contributed by atoms with E-state index in [0.29, 0.717) is 53.6 Å². The average molecular weight is 460 g/mol. The number of nitro groups is 1. The molecule has 0 unspecified atom stereocenters. The van der Waals surface area contributed by atoms with Crippen LogP contribution >= 0.6 is 23.4 Å². The van der Waals surface area contributed by atoms with E-state index in [2.05, 4.69) is 10.2 Å². The Bertz CT molecular complexity index is 1100. The number of aromatic nitrogens is 2. The molecular formula is C20H18ClN5O4S. The first-order chi connectivity index (χ1) is 15.0. The van der Waals surface area contributed by atoms with Crippen LogP contribution in [-0.4, -0.2) is 57.9 Å². The van der Waals surface area contributed by atoms with Crippen LogP contribution in [0.5, 0.6) is 0 Å². The Balaban J connectivity index is 1.31. The highest BCUT2D eigenvalue weighted by Crippen LogP contribution is 2.30. The average Bonchev–Trinajstić information content (AvgIpc) is 3.26. The van der Waals surface area contributed by atoms with E-state index in [4.69, 9.17) is 16.0 Å². The van der Waals surface area contributed by atoms with Crippen molar-refractivity contribution in [1.82, 2.24) is 15.1 Å².